The molecule has 3 aromatic rings. The molecule has 0 radical (unpaired) electrons. The minimum Gasteiger partial charge on any atom is -0.382 e. The van der Waals surface area contributed by atoms with Gasteiger partial charge in [0.25, 0.3) is 0 Å². The first-order chi connectivity index (χ1) is 14.5. The van der Waals surface area contributed by atoms with E-state index in [0.717, 1.165) is 18.7 Å². The Morgan fingerprint density at radius 2 is 1.80 bits per heavy atom. The molecule has 0 unspecified atom stereocenters. The van der Waals surface area contributed by atoms with E-state index in [1.807, 2.05) is 36.4 Å². The molecule has 5 heteroatoms. The van der Waals surface area contributed by atoms with Crippen LogP contribution in [0.15, 0.2) is 78.9 Å². The molecule has 2 atom stereocenters. The molecule has 156 valence electrons. The van der Waals surface area contributed by atoms with Gasteiger partial charge in [-0.1, -0.05) is 72.3 Å². The molecule has 1 saturated heterocycles. The summed E-state index contributed by atoms with van der Waals surface area (Å²) in [6.45, 7) is 2.58. The van der Waals surface area contributed by atoms with Crippen molar-refractivity contribution in [3.05, 3.63) is 106 Å². The number of nitrogens with zero attached hydrogens (tertiary/aromatic N) is 1. The van der Waals surface area contributed by atoms with Crippen molar-refractivity contribution in [1.82, 2.24) is 4.90 Å². The third-order valence-corrected chi connectivity index (χ3v) is 6.04. The van der Waals surface area contributed by atoms with Gasteiger partial charge < -0.3 is 9.84 Å². The number of hydrogen-bond donors (Lipinski definition) is 1. The summed E-state index contributed by atoms with van der Waals surface area (Å²) in [6, 6.07) is 23.8. The highest BCUT2D eigenvalue weighted by Crippen LogP contribution is 2.35. The van der Waals surface area contributed by atoms with E-state index < -0.39 is 11.7 Å². The van der Waals surface area contributed by atoms with Crippen LogP contribution in [-0.2, 0) is 23.3 Å². The molecule has 4 rings (SSSR count). The van der Waals surface area contributed by atoms with Crippen LogP contribution in [0.2, 0.25) is 5.02 Å². The van der Waals surface area contributed by atoms with E-state index in [1.54, 1.807) is 18.2 Å². The molecular formula is C25H25ClFNO2. The van der Waals surface area contributed by atoms with Gasteiger partial charge in [-0.2, -0.15) is 0 Å². The van der Waals surface area contributed by atoms with Crippen LogP contribution in [0.25, 0.3) is 0 Å². The molecule has 0 saturated carbocycles. The Kier molecular flexibility index (Phi) is 6.49. The van der Waals surface area contributed by atoms with Gasteiger partial charge in [0.05, 0.1) is 6.61 Å². The van der Waals surface area contributed by atoms with Crippen molar-refractivity contribution in [1.29, 1.82) is 0 Å². The zero-order chi connectivity index (χ0) is 21.0. The Labute approximate surface area is 181 Å². The third-order valence-electron chi connectivity index (χ3n) is 5.67. The summed E-state index contributed by atoms with van der Waals surface area (Å²) < 4.78 is 20.1. The monoisotopic (exact) mass is 425 g/mol. The number of halogens is 2. The Morgan fingerprint density at radius 3 is 2.57 bits per heavy atom. The minimum atomic E-state index is -1.41. The Hall–Kier alpha value is -2.24. The van der Waals surface area contributed by atoms with Gasteiger partial charge in [-0.3, -0.25) is 4.90 Å². The molecule has 0 spiro atoms. The highest BCUT2D eigenvalue weighted by Gasteiger charge is 2.42. The quantitative estimate of drug-likeness (QED) is 0.615. The van der Waals surface area contributed by atoms with E-state index in [-0.39, 0.29) is 12.2 Å². The molecule has 1 heterocycles. The first kappa shape index (κ1) is 21.0. The lowest BCUT2D eigenvalue weighted by molar-refractivity contribution is -0.149. The van der Waals surface area contributed by atoms with Crippen LogP contribution in [0, 0.1) is 5.82 Å². The van der Waals surface area contributed by atoms with Gasteiger partial charge >= 0.3 is 0 Å². The van der Waals surface area contributed by atoms with Crippen LogP contribution < -0.4 is 0 Å². The van der Waals surface area contributed by atoms with Gasteiger partial charge in [0.1, 0.15) is 17.5 Å². The topological polar surface area (TPSA) is 32.7 Å². The standard InChI is InChI=1S/C25H25ClFNO2/c26-23-12-5-4-9-20(23)16-25(29,21-10-6-11-22(27)15-21)24-18-28(13-14-30-24)17-19-7-2-1-3-8-19/h1-12,15,24,29H,13-14,16-18H2/t24-,25-/m1/s1. The highest BCUT2D eigenvalue weighted by atomic mass is 35.5. The molecular weight excluding hydrogens is 401 g/mol. The van der Waals surface area contributed by atoms with Crippen molar-refractivity contribution in [2.45, 2.75) is 24.7 Å². The molecule has 1 N–H and O–H groups in total. The minimum absolute atomic E-state index is 0.236. The molecule has 0 bridgehead atoms. The molecule has 0 aliphatic carbocycles. The summed E-state index contributed by atoms with van der Waals surface area (Å²) in [7, 11) is 0. The van der Waals surface area contributed by atoms with Crippen LogP contribution in [-0.4, -0.2) is 35.8 Å². The van der Waals surface area contributed by atoms with Gasteiger partial charge in [0.2, 0.25) is 0 Å². The second-order valence-electron chi connectivity index (χ2n) is 7.78. The zero-order valence-electron chi connectivity index (χ0n) is 16.7. The van der Waals surface area contributed by atoms with E-state index in [0.29, 0.717) is 23.7 Å². The Morgan fingerprint density at radius 1 is 1.03 bits per heavy atom. The predicted octanol–water partition coefficient (Wildman–Crippen LogP) is 4.81. The van der Waals surface area contributed by atoms with E-state index in [9.17, 15) is 9.50 Å². The van der Waals surface area contributed by atoms with Crippen molar-refractivity contribution in [3.63, 3.8) is 0 Å². The SMILES string of the molecule is O[C@](Cc1ccccc1Cl)(c1cccc(F)c1)[C@H]1CN(Cc2ccccc2)CCO1. The second kappa shape index (κ2) is 9.27. The van der Waals surface area contributed by atoms with Gasteiger partial charge in [-0.05, 0) is 34.9 Å². The molecule has 1 aliphatic rings. The molecule has 30 heavy (non-hydrogen) atoms. The van der Waals surface area contributed by atoms with Gasteiger partial charge in [-0.25, -0.2) is 4.39 Å². The fraction of sp³-hybridized carbons (Fsp3) is 0.280. The Bertz CT molecular complexity index is 984. The summed E-state index contributed by atoms with van der Waals surface area (Å²) >= 11 is 6.39. The number of ether oxygens (including phenoxy) is 1. The highest BCUT2D eigenvalue weighted by molar-refractivity contribution is 6.31. The molecule has 0 amide bonds. The van der Waals surface area contributed by atoms with Crippen molar-refractivity contribution < 1.29 is 14.2 Å². The third kappa shape index (κ3) is 4.73. The fourth-order valence-electron chi connectivity index (χ4n) is 4.07. The van der Waals surface area contributed by atoms with Gasteiger partial charge in [-0.15, -0.1) is 0 Å². The van der Waals surface area contributed by atoms with Crippen molar-refractivity contribution in [3.8, 4) is 0 Å². The normalized spacial score (nSPS) is 19.4. The van der Waals surface area contributed by atoms with Crippen molar-refractivity contribution in [2.24, 2.45) is 0 Å². The maximum atomic E-state index is 14.1. The number of aliphatic hydroxyl groups is 1. The van der Waals surface area contributed by atoms with Crippen LogP contribution in [0.3, 0.4) is 0 Å². The van der Waals surface area contributed by atoms with Gasteiger partial charge in [0, 0.05) is 31.1 Å². The lowest BCUT2D eigenvalue weighted by atomic mass is 9.81. The number of hydrogen-bond acceptors (Lipinski definition) is 3. The molecule has 0 aromatic heterocycles. The molecule has 3 nitrogen and oxygen atoms in total. The predicted molar refractivity (Wildman–Crippen MR) is 117 cm³/mol. The van der Waals surface area contributed by atoms with Crippen molar-refractivity contribution in [2.75, 3.05) is 19.7 Å². The van der Waals surface area contributed by atoms with E-state index in [4.69, 9.17) is 16.3 Å². The van der Waals surface area contributed by atoms with E-state index >= 15 is 0 Å². The number of morpholine rings is 1. The average molecular weight is 426 g/mol. The number of rotatable bonds is 6. The van der Waals surface area contributed by atoms with E-state index in [1.165, 1.54) is 17.7 Å². The maximum Gasteiger partial charge on any atom is 0.123 e. The summed E-state index contributed by atoms with van der Waals surface area (Å²) in [6.07, 6.45) is -0.284. The molecule has 1 fully saturated rings. The second-order valence-corrected chi connectivity index (χ2v) is 8.19. The zero-order valence-corrected chi connectivity index (χ0v) is 17.4. The first-order valence-electron chi connectivity index (χ1n) is 10.1. The summed E-state index contributed by atoms with van der Waals surface area (Å²) in [4.78, 5) is 2.26. The van der Waals surface area contributed by atoms with Crippen LogP contribution in [0.5, 0.6) is 0 Å². The van der Waals surface area contributed by atoms with E-state index in [2.05, 4.69) is 17.0 Å². The molecule has 1 aliphatic heterocycles. The molecule has 3 aromatic carbocycles. The van der Waals surface area contributed by atoms with Gasteiger partial charge in [0.15, 0.2) is 0 Å². The first-order valence-corrected chi connectivity index (χ1v) is 10.5. The summed E-state index contributed by atoms with van der Waals surface area (Å²) in [5, 5.41) is 12.5. The van der Waals surface area contributed by atoms with Crippen LogP contribution in [0.1, 0.15) is 16.7 Å². The fourth-order valence-corrected chi connectivity index (χ4v) is 4.27. The largest absolute Gasteiger partial charge is 0.382 e. The van der Waals surface area contributed by atoms with Crippen LogP contribution >= 0.6 is 11.6 Å². The average Bonchev–Trinajstić information content (AvgIpc) is 2.76. The maximum absolute atomic E-state index is 14.1. The lowest BCUT2D eigenvalue weighted by Crippen LogP contribution is -2.53. The Balaban J connectivity index is 1.64. The number of benzene rings is 3. The summed E-state index contributed by atoms with van der Waals surface area (Å²) in [5.74, 6) is -0.387. The van der Waals surface area contributed by atoms with Crippen molar-refractivity contribution >= 4 is 11.6 Å². The summed E-state index contributed by atoms with van der Waals surface area (Å²) in [5.41, 5.74) is 1.09. The van der Waals surface area contributed by atoms with Crippen LogP contribution in [0.4, 0.5) is 4.39 Å². The lowest BCUT2D eigenvalue weighted by Gasteiger charge is -2.42. The smallest absolute Gasteiger partial charge is 0.123 e.